The molecule has 1 aliphatic heterocycles. The fourth-order valence-corrected chi connectivity index (χ4v) is 4.55. The van der Waals surface area contributed by atoms with Gasteiger partial charge in [0, 0.05) is 22.6 Å². The number of nitrogens with zero attached hydrogens (tertiary/aromatic N) is 1. The number of hydrogen-bond donors (Lipinski definition) is 2. The zero-order valence-electron chi connectivity index (χ0n) is 18.6. The summed E-state index contributed by atoms with van der Waals surface area (Å²) in [6.07, 6.45) is -0.443. The summed E-state index contributed by atoms with van der Waals surface area (Å²) in [5.41, 5.74) is 2.25. The molecule has 0 unspecified atom stereocenters. The third kappa shape index (κ3) is 4.96. The first-order valence-corrected chi connectivity index (χ1v) is 11.9. The first kappa shape index (κ1) is 23.1. The lowest BCUT2D eigenvalue weighted by molar-refractivity contribution is 0.102. The van der Waals surface area contributed by atoms with Gasteiger partial charge in [-0.15, -0.1) is 0 Å². The van der Waals surface area contributed by atoms with Gasteiger partial charge in [-0.05, 0) is 67.1 Å². The number of carbonyl (C=O) groups is 2. The van der Waals surface area contributed by atoms with Crippen molar-refractivity contribution < 1.29 is 27.5 Å². The summed E-state index contributed by atoms with van der Waals surface area (Å²) < 4.78 is 38.3. The molecule has 2 amide bonds. The molecule has 0 spiro atoms. The minimum atomic E-state index is -3.93. The Hall–Kier alpha value is -4.05. The first-order chi connectivity index (χ1) is 16.3. The first-order valence-electron chi connectivity index (χ1n) is 10.4. The number of methoxy groups -OCH3 is 1. The van der Waals surface area contributed by atoms with E-state index in [4.69, 9.17) is 9.47 Å². The molecule has 1 saturated heterocycles. The number of carbonyl (C=O) groups excluding carboxylic acids is 2. The Labute approximate surface area is 197 Å². The highest BCUT2D eigenvalue weighted by molar-refractivity contribution is 7.92. The van der Waals surface area contributed by atoms with Gasteiger partial charge in [-0.3, -0.25) is 14.4 Å². The number of rotatable bonds is 7. The third-order valence-electron chi connectivity index (χ3n) is 5.28. The van der Waals surface area contributed by atoms with Gasteiger partial charge in [-0.2, -0.15) is 0 Å². The van der Waals surface area contributed by atoms with Gasteiger partial charge in [0.2, 0.25) is 0 Å². The van der Waals surface area contributed by atoms with Gasteiger partial charge in [0.15, 0.2) is 0 Å². The van der Waals surface area contributed by atoms with Crippen LogP contribution in [0.25, 0.3) is 0 Å². The number of amides is 2. The molecular weight excluding hydrogens is 458 g/mol. The molecule has 1 aliphatic rings. The molecule has 3 aromatic carbocycles. The molecule has 1 fully saturated rings. The number of sulfonamides is 1. The second-order valence-corrected chi connectivity index (χ2v) is 9.26. The fourth-order valence-electron chi connectivity index (χ4n) is 3.46. The van der Waals surface area contributed by atoms with Crippen LogP contribution < -0.4 is 19.7 Å². The summed E-state index contributed by atoms with van der Waals surface area (Å²) in [4.78, 5) is 26.2. The van der Waals surface area contributed by atoms with Crippen molar-refractivity contribution >= 4 is 39.1 Å². The number of cyclic esters (lactones) is 1. The zero-order valence-corrected chi connectivity index (χ0v) is 19.4. The van der Waals surface area contributed by atoms with Crippen LogP contribution in [0.15, 0.2) is 71.6 Å². The lowest BCUT2D eigenvalue weighted by Crippen LogP contribution is -2.23. The SMILES string of the molecule is COc1ccc(NS(=O)(=O)c2ccc(C)c(C(=O)Nc3cccc(N4CCOC4=O)c3)c2)cc1. The Balaban J connectivity index is 1.54. The molecule has 4 rings (SSSR count). The van der Waals surface area contributed by atoms with Crippen LogP contribution in [0.3, 0.4) is 0 Å². The van der Waals surface area contributed by atoms with Gasteiger partial charge in [0.1, 0.15) is 12.4 Å². The molecule has 176 valence electrons. The number of aryl methyl sites for hydroxylation is 1. The predicted octanol–water partition coefficient (Wildman–Crippen LogP) is 4.01. The van der Waals surface area contributed by atoms with E-state index in [-0.39, 0.29) is 10.5 Å². The van der Waals surface area contributed by atoms with E-state index < -0.39 is 22.0 Å². The molecular formula is C24H23N3O6S. The topological polar surface area (TPSA) is 114 Å². The molecule has 9 nitrogen and oxygen atoms in total. The highest BCUT2D eigenvalue weighted by atomic mass is 32.2. The molecule has 0 bridgehead atoms. The van der Waals surface area contributed by atoms with E-state index in [0.717, 1.165) is 0 Å². The maximum absolute atomic E-state index is 13.0. The number of benzene rings is 3. The van der Waals surface area contributed by atoms with Gasteiger partial charge in [0.05, 0.1) is 18.6 Å². The largest absolute Gasteiger partial charge is 0.497 e. The average Bonchev–Trinajstić information content (AvgIpc) is 3.25. The van der Waals surface area contributed by atoms with E-state index in [1.54, 1.807) is 61.5 Å². The highest BCUT2D eigenvalue weighted by Crippen LogP contribution is 2.25. The van der Waals surface area contributed by atoms with E-state index in [1.165, 1.54) is 24.1 Å². The maximum Gasteiger partial charge on any atom is 0.414 e. The lowest BCUT2D eigenvalue weighted by atomic mass is 10.1. The molecule has 0 radical (unpaired) electrons. The minimum Gasteiger partial charge on any atom is -0.497 e. The molecule has 0 aromatic heterocycles. The van der Waals surface area contributed by atoms with Crippen molar-refractivity contribution in [1.29, 1.82) is 0 Å². The average molecular weight is 482 g/mol. The summed E-state index contributed by atoms with van der Waals surface area (Å²) in [5, 5.41) is 2.77. The monoisotopic (exact) mass is 481 g/mol. The van der Waals surface area contributed by atoms with Crippen LogP contribution in [0, 0.1) is 6.92 Å². The standard InChI is InChI=1S/C24H23N3O6S/c1-16-6-11-21(34(30,31)26-17-7-9-20(32-2)10-8-17)15-22(16)23(28)25-18-4-3-5-19(14-18)27-12-13-33-24(27)29/h3-11,14-15,26H,12-13H2,1-2H3,(H,25,28). The van der Waals surface area contributed by atoms with Crippen LogP contribution in [0.4, 0.5) is 21.9 Å². The molecule has 10 heteroatoms. The van der Waals surface area contributed by atoms with Gasteiger partial charge >= 0.3 is 6.09 Å². The van der Waals surface area contributed by atoms with E-state index in [2.05, 4.69) is 10.0 Å². The minimum absolute atomic E-state index is 0.0485. The van der Waals surface area contributed by atoms with Crippen molar-refractivity contribution in [2.75, 3.05) is 35.2 Å². The van der Waals surface area contributed by atoms with Crippen LogP contribution in [0.1, 0.15) is 15.9 Å². The molecule has 2 N–H and O–H groups in total. The second kappa shape index (κ2) is 9.44. The number of nitrogens with one attached hydrogen (secondary N) is 2. The molecule has 3 aromatic rings. The van der Waals surface area contributed by atoms with Gasteiger partial charge in [-0.1, -0.05) is 12.1 Å². The van der Waals surface area contributed by atoms with Crippen LogP contribution in [0.5, 0.6) is 5.75 Å². The van der Waals surface area contributed by atoms with Crippen molar-refractivity contribution in [3.05, 3.63) is 77.9 Å². The van der Waals surface area contributed by atoms with Gasteiger partial charge in [0.25, 0.3) is 15.9 Å². The molecule has 0 atom stereocenters. The predicted molar refractivity (Wildman–Crippen MR) is 128 cm³/mol. The normalized spacial score (nSPS) is 13.4. The van der Waals surface area contributed by atoms with Crippen LogP contribution >= 0.6 is 0 Å². The van der Waals surface area contributed by atoms with Crippen molar-refractivity contribution in [3.63, 3.8) is 0 Å². The summed E-state index contributed by atoms with van der Waals surface area (Å²) in [7, 11) is -2.41. The van der Waals surface area contributed by atoms with Crippen molar-refractivity contribution in [2.24, 2.45) is 0 Å². The quantitative estimate of drug-likeness (QED) is 0.527. The maximum atomic E-state index is 13.0. The van der Waals surface area contributed by atoms with Crippen LogP contribution in [-0.4, -0.2) is 40.7 Å². The van der Waals surface area contributed by atoms with Gasteiger partial charge in [-0.25, -0.2) is 13.2 Å². The zero-order chi connectivity index (χ0) is 24.3. The number of anilines is 3. The second-order valence-electron chi connectivity index (χ2n) is 7.58. The van der Waals surface area contributed by atoms with Crippen LogP contribution in [-0.2, 0) is 14.8 Å². The lowest BCUT2D eigenvalue weighted by Gasteiger charge is -2.15. The van der Waals surface area contributed by atoms with E-state index in [0.29, 0.717) is 41.5 Å². The Morgan fingerprint density at radius 2 is 1.79 bits per heavy atom. The Morgan fingerprint density at radius 1 is 1.03 bits per heavy atom. The Kier molecular flexibility index (Phi) is 6.42. The third-order valence-corrected chi connectivity index (χ3v) is 6.66. The highest BCUT2D eigenvalue weighted by Gasteiger charge is 2.24. The molecule has 0 aliphatic carbocycles. The van der Waals surface area contributed by atoms with Crippen molar-refractivity contribution in [1.82, 2.24) is 0 Å². The summed E-state index contributed by atoms with van der Waals surface area (Å²) in [5.74, 6) is 0.128. The molecule has 0 saturated carbocycles. The Morgan fingerprint density at radius 3 is 2.47 bits per heavy atom. The Bertz CT molecular complexity index is 1340. The van der Waals surface area contributed by atoms with Crippen molar-refractivity contribution in [2.45, 2.75) is 11.8 Å². The summed E-state index contributed by atoms with van der Waals surface area (Å²) in [6, 6.07) is 17.6. The van der Waals surface area contributed by atoms with E-state index in [1.807, 2.05) is 0 Å². The molecule has 1 heterocycles. The molecule has 34 heavy (non-hydrogen) atoms. The van der Waals surface area contributed by atoms with E-state index in [9.17, 15) is 18.0 Å². The smallest absolute Gasteiger partial charge is 0.414 e. The number of hydrogen-bond acceptors (Lipinski definition) is 6. The number of ether oxygens (including phenoxy) is 2. The van der Waals surface area contributed by atoms with Gasteiger partial charge < -0.3 is 14.8 Å². The van der Waals surface area contributed by atoms with Crippen LogP contribution in [0.2, 0.25) is 0 Å². The van der Waals surface area contributed by atoms with E-state index >= 15 is 0 Å². The fraction of sp³-hybridized carbons (Fsp3) is 0.167. The summed E-state index contributed by atoms with van der Waals surface area (Å²) in [6.45, 7) is 2.45. The van der Waals surface area contributed by atoms with Crippen molar-refractivity contribution in [3.8, 4) is 5.75 Å². The summed E-state index contributed by atoms with van der Waals surface area (Å²) >= 11 is 0.